The smallest absolute Gasteiger partial charge is 0.261 e. The van der Waals surface area contributed by atoms with E-state index in [0.717, 1.165) is 6.42 Å². The number of alkyl halides is 2. The number of hydrogen-bond donors (Lipinski definition) is 2. The lowest BCUT2D eigenvalue weighted by molar-refractivity contribution is -0.108. The molecule has 3 saturated carbocycles. The summed E-state index contributed by atoms with van der Waals surface area (Å²) in [7, 11) is 1.48. The number of guanidine groups is 1. The summed E-state index contributed by atoms with van der Waals surface area (Å²) in [6.45, 7) is 8.15. The van der Waals surface area contributed by atoms with Crippen molar-refractivity contribution in [2.45, 2.75) is 65.1 Å². The lowest BCUT2D eigenvalue weighted by Gasteiger charge is -2.61. The summed E-state index contributed by atoms with van der Waals surface area (Å²) in [4.78, 5) is 34.7. The van der Waals surface area contributed by atoms with Crippen molar-refractivity contribution in [3.8, 4) is 17.3 Å². The topological polar surface area (TPSA) is 110 Å². The van der Waals surface area contributed by atoms with Crippen LogP contribution in [0, 0.1) is 29.0 Å². The van der Waals surface area contributed by atoms with E-state index < -0.39 is 18.3 Å². The molecule has 4 fully saturated rings. The zero-order valence-corrected chi connectivity index (χ0v) is 28.7. The van der Waals surface area contributed by atoms with Gasteiger partial charge in [-0.1, -0.05) is 26.8 Å². The number of aliphatic imine (C=N–C) groups is 1. The van der Waals surface area contributed by atoms with Gasteiger partial charge < -0.3 is 20.3 Å². The van der Waals surface area contributed by atoms with E-state index in [0.29, 0.717) is 76.2 Å². The van der Waals surface area contributed by atoms with E-state index >= 15 is 0 Å². The van der Waals surface area contributed by atoms with Gasteiger partial charge in [-0.2, -0.15) is 0 Å². The van der Waals surface area contributed by atoms with Crippen molar-refractivity contribution in [1.82, 2.24) is 29.7 Å². The van der Waals surface area contributed by atoms with Gasteiger partial charge in [-0.3, -0.25) is 14.3 Å². The number of methoxy groups -OCH3 is 1. The SMILES string of the molecule is COc1ccc(CCn2c(-c3cnccn3)nc3cc(NC(=N[C@H]4C[C@H]5C[C@@H]([C@@H]4C)C5(C)C)N4CCN[C@@H](C(F)F)C4)ccc3c2=O)c(F)c1. The van der Waals surface area contributed by atoms with Crippen LogP contribution in [-0.4, -0.2) is 75.6 Å². The third kappa shape index (κ3) is 6.43. The van der Waals surface area contributed by atoms with Crippen molar-refractivity contribution in [1.29, 1.82) is 0 Å². The van der Waals surface area contributed by atoms with Gasteiger partial charge in [0.2, 0.25) is 0 Å². The Bertz CT molecular complexity index is 1950. The number of nitrogens with zero attached hydrogens (tertiary/aromatic N) is 6. The molecule has 264 valence electrons. The molecule has 0 radical (unpaired) electrons. The molecule has 1 saturated heterocycles. The maximum atomic E-state index is 14.8. The van der Waals surface area contributed by atoms with Gasteiger partial charge in [-0.25, -0.2) is 28.1 Å². The standard InChI is InChI=1S/C37H43F3N8O2/c1-21-27-15-23(37(27,2)3)16-29(21)46-36(47-14-12-43-32(20-47)33(39)40)44-24-6-8-26-30(17-24)45-34(31-19-41-10-11-42-31)48(35(26)49)13-9-22-5-7-25(50-4)18-28(22)38/h5-8,10-11,17-19,21,23,27,29,32-33,43H,9,12-16,20H2,1-4H3,(H,44,46)/t21-,23+,27-,29-,32+/m0/s1. The zero-order valence-electron chi connectivity index (χ0n) is 28.7. The molecule has 5 atom stereocenters. The average molecular weight is 689 g/mol. The van der Waals surface area contributed by atoms with Crippen LogP contribution in [0.2, 0.25) is 0 Å². The Morgan fingerprint density at radius 1 is 1.18 bits per heavy atom. The zero-order chi connectivity index (χ0) is 35.2. The highest BCUT2D eigenvalue weighted by atomic mass is 19.3. The number of rotatable bonds is 8. The molecule has 2 N–H and O–H groups in total. The maximum absolute atomic E-state index is 14.8. The molecule has 13 heteroatoms. The van der Waals surface area contributed by atoms with Crippen LogP contribution in [0.4, 0.5) is 18.9 Å². The van der Waals surface area contributed by atoms with E-state index in [4.69, 9.17) is 14.7 Å². The van der Waals surface area contributed by atoms with Crippen molar-refractivity contribution in [2.24, 2.45) is 28.2 Å². The molecule has 3 aliphatic carbocycles. The fourth-order valence-electron chi connectivity index (χ4n) is 8.12. The largest absolute Gasteiger partial charge is 0.497 e. The summed E-state index contributed by atoms with van der Waals surface area (Å²) in [6, 6.07) is 9.01. The number of halogens is 3. The van der Waals surface area contributed by atoms with Gasteiger partial charge >= 0.3 is 0 Å². The van der Waals surface area contributed by atoms with Crippen LogP contribution in [0.15, 0.2) is 64.8 Å². The molecule has 4 aromatic rings. The number of benzene rings is 2. The summed E-state index contributed by atoms with van der Waals surface area (Å²) in [5.41, 5.74) is 1.87. The van der Waals surface area contributed by atoms with Crippen molar-refractivity contribution in [2.75, 3.05) is 32.1 Å². The molecule has 50 heavy (non-hydrogen) atoms. The molecule has 1 aliphatic heterocycles. The van der Waals surface area contributed by atoms with Crippen LogP contribution in [-0.2, 0) is 13.0 Å². The van der Waals surface area contributed by atoms with E-state index in [2.05, 4.69) is 41.4 Å². The summed E-state index contributed by atoms with van der Waals surface area (Å²) >= 11 is 0. The Kier molecular flexibility index (Phi) is 9.27. The summed E-state index contributed by atoms with van der Waals surface area (Å²) in [5.74, 6) is 2.36. The number of ether oxygens (including phenoxy) is 1. The first-order valence-corrected chi connectivity index (χ1v) is 17.3. The molecular weight excluding hydrogens is 645 g/mol. The van der Waals surface area contributed by atoms with Crippen LogP contribution in [0.3, 0.4) is 0 Å². The lowest BCUT2D eigenvalue weighted by Crippen LogP contribution is -2.58. The van der Waals surface area contributed by atoms with Crippen LogP contribution in [0.25, 0.3) is 22.4 Å². The molecule has 2 aromatic heterocycles. The third-order valence-corrected chi connectivity index (χ3v) is 11.3. The molecule has 0 amide bonds. The molecule has 8 rings (SSSR count). The number of piperazine rings is 1. The summed E-state index contributed by atoms with van der Waals surface area (Å²) in [5, 5.41) is 6.76. The first-order valence-electron chi connectivity index (χ1n) is 17.3. The van der Waals surface area contributed by atoms with Gasteiger partial charge in [0.05, 0.1) is 36.3 Å². The Morgan fingerprint density at radius 2 is 2.02 bits per heavy atom. The predicted molar refractivity (Wildman–Crippen MR) is 187 cm³/mol. The second kappa shape index (κ2) is 13.7. The minimum absolute atomic E-state index is 0.0683. The van der Waals surface area contributed by atoms with Gasteiger partial charge in [0.15, 0.2) is 11.8 Å². The van der Waals surface area contributed by atoms with Gasteiger partial charge in [-0.15, -0.1) is 0 Å². The van der Waals surface area contributed by atoms with Crippen LogP contribution in [0.1, 0.15) is 39.2 Å². The highest BCUT2D eigenvalue weighted by Crippen LogP contribution is 2.61. The first kappa shape index (κ1) is 34.0. The van der Waals surface area contributed by atoms with Gasteiger partial charge in [-0.05, 0) is 72.3 Å². The Labute approximate surface area is 289 Å². The minimum Gasteiger partial charge on any atom is -0.497 e. The number of fused-ring (bicyclic) bond motifs is 3. The number of nitrogens with one attached hydrogen (secondary N) is 2. The molecule has 0 spiro atoms. The number of aryl methyl sites for hydroxylation is 1. The van der Waals surface area contributed by atoms with Crippen molar-refractivity contribution >= 4 is 22.5 Å². The lowest BCUT2D eigenvalue weighted by atomic mass is 9.45. The Balaban J connectivity index is 1.23. The second-order valence-corrected chi connectivity index (χ2v) is 14.4. The van der Waals surface area contributed by atoms with E-state index in [9.17, 15) is 18.0 Å². The van der Waals surface area contributed by atoms with Gasteiger partial charge in [0, 0.05) is 50.3 Å². The van der Waals surface area contributed by atoms with E-state index in [1.807, 2.05) is 4.90 Å². The summed E-state index contributed by atoms with van der Waals surface area (Å²) < 4.78 is 49.1. The molecule has 10 nitrogen and oxygen atoms in total. The van der Waals surface area contributed by atoms with E-state index in [-0.39, 0.29) is 36.5 Å². The van der Waals surface area contributed by atoms with Crippen molar-refractivity contribution in [3.63, 3.8) is 0 Å². The predicted octanol–water partition coefficient (Wildman–Crippen LogP) is 5.62. The molecule has 0 unspecified atom stereocenters. The first-order chi connectivity index (χ1) is 24.0. The molecule has 3 heterocycles. The molecule has 2 aromatic carbocycles. The van der Waals surface area contributed by atoms with E-state index in [1.54, 1.807) is 30.3 Å². The fraction of sp³-hybridized carbons (Fsp3) is 0.486. The fourth-order valence-corrected chi connectivity index (χ4v) is 8.12. The van der Waals surface area contributed by atoms with Gasteiger partial charge in [0.25, 0.3) is 12.0 Å². The number of anilines is 1. The number of aromatic nitrogens is 4. The monoisotopic (exact) mass is 688 g/mol. The number of hydrogen-bond acceptors (Lipinski definition) is 7. The molecule has 4 aliphatic rings. The van der Waals surface area contributed by atoms with Crippen LogP contribution >= 0.6 is 0 Å². The summed E-state index contributed by atoms with van der Waals surface area (Å²) in [6.07, 6.45) is 4.49. The van der Waals surface area contributed by atoms with Crippen LogP contribution in [0.5, 0.6) is 5.75 Å². The normalized spacial score (nSPS) is 24.7. The minimum atomic E-state index is -2.51. The average Bonchev–Trinajstić information content (AvgIpc) is 3.12. The van der Waals surface area contributed by atoms with Gasteiger partial charge in [0.1, 0.15) is 17.3 Å². The van der Waals surface area contributed by atoms with Crippen molar-refractivity contribution < 1.29 is 17.9 Å². The van der Waals surface area contributed by atoms with Crippen molar-refractivity contribution in [3.05, 3.63) is 76.7 Å². The maximum Gasteiger partial charge on any atom is 0.261 e. The van der Waals surface area contributed by atoms with E-state index in [1.165, 1.54) is 42.8 Å². The highest BCUT2D eigenvalue weighted by molar-refractivity contribution is 5.96. The molecule has 2 bridgehead atoms. The Hall–Kier alpha value is -4.52. The second-order valence-electron chi connectivity index (χ2n) is 14.4. The van der Waals surface area contributed by atoms with Crippen LogP contribution < -0.4 is 20.9 Å². The molecular formula is C37H43F3N8O2. The Morgan fingerprint density at radius 3 is 2.72 bits per heavy atom. The highest BCUT2D eigenvalue weighted by Gasteiger charge is 2.56. The quantitative estimate of drug-likeness (QED) is 0.182. The third-order valence-electron chi connectivity index (χ3n) is 11.3.